The first-order valence-electron chi connectivity index (χ1n) is 9.88. The van der Waals surface area contributed by atoms with Crippen LogP contribution in [-0.4, -0.2) is 44.7 Å². The Kier molecular flexibility index (Phi) is 5.13. The normalized spacial score (nSPS) is 18.5. The number of nitrogens with one attached hydrogen (secondary N) is 1. The second-order valence-corrected chi connectivity index (χ2v) is 7.85. The highest BCUT2D eigenvalue weighted by molar-refractivity contribution is 6.05. The molecule has 2 atom stereocenters. The molecule has 146 valence electrons. The van der Waals surface area contributed by atoms with E-state index >= 15 is 0 Å². The molecule has 0 spiro atoms. The summed E-state index contributed by atoms with van der Waals surface area (Å²) in [4.78, 5) is 19.9. The molecule has 28 heavy (non-hydrogen) atoms. The maximum atomic E-state index is 13.0. The lowest BCUT2D eigenvalue weighted by atomic mass is 10.00. The molecule has 0 unspecified atom stereocenters. The fourth-order valence-corrected chi connectivity index (χ4v) is 4.09. The Balaban J connectivity index is 1.41. The van der Waals surface area contributed by atoms with Crippen LogP contribution < -0.4 is 5.32 Å². The number of carbonyl (C=O) groups excluding carboxylic acids is 1. The van der Waals surface area contributed by atoms with Crippen LogP contribution >= 0.6 is 0 Å². The summed E-state index contributed by atoms with van der Waals surface area (Å²) >= 11 is 0. The standard InChI is InChI=1S/C22H27N5O/c1-15-11-19(20-12-23-26(3)21(20)24-15)22(28)25-16(2)18-9-10-27(14-18)13-17-7-5-4-6-8-17/h4-8,11-12,16,18H,9-10,13-14H2,1-3H3,(H,25,28)/t16-,18-/m0/s1. The van der Waals surface area contributed by atoms with Crippen molar-refractivity contribution in [2.45, 2.75) is 32.9 Å². The van der Waals surface area contributed by atoms with E-state index < -0.39 is 0 Å². The van der Waals surface area contributed by atoms with Crippen molar-refractivity contribution in [2.24, 2.45) is 13.0 Å². The van der Waals surface area contributed by atoms with Gasteiger partial charge in [0.1, 0.15) is 0 Å². The molecule has 4 rings (SSSR count). The van der Waals surface area contributed by atoms with E-state index in [9.17, 15) is 4.79 Å². The molecule has 0 bridgehead atoms. The first-order valence-corrected chi connectivity index (χ1v) is 9.88. The Morgan fingerprint density at radius 1 is 1.32 bits per heavy atom. The van der Waals surface area contributed by atoms with Crippen LogP contribution in [-0.2, 0) is 13.6 Å². The van der Waals surface area contributed by atoms with Gasteiger partial charge in [-0.2, -0.15) is 5.10 Å². The van der Waals surface area contributed by atoms with E-state index in [-0.39, 0.29) is 11.9 Å². The Morgan fingerprint density at radius 2 is 2.11 bits per heavy atom. The van der Waals surface area contributed by atoms with Gasteiger partial charge in [-0.1, -0.05) is 30.3 Å². The first kappa shape index (κ1) is 18.6. The number of nitrogens with zero attached hydrogens (tertiary/aromatic N) is 4. The van der Waals surface area contributed by atoms with Gasteiger partial charge in [0.25, 0.3) is 5.91 Å². The average molecular weight is 377 g/mol. The number of likely N-dealkylation sites (tertiary alicyclic amines) is 1. The number of fused-ring (bicyclic) bond motifs is 1. The van der Waals surface area contributed by atoms with Crippen molar-refractivity contribution in [1.29, 1.82) is 0 Å². The number of aromatic nitrogens is 3. The van der Waals surface area contributed by atoms with Gasteiger partial charge in [0.05, 0.1) is 17.1 Å². The van der Waals surface area contributed by atoms with Gasteiger partial charge < -0.3 is 5.32 Å². The lowest BCUT2D eigenvalue weighted by Crippen LogP contribution is -2.39. The minimum Gasteiger partial charge on any atom is -0.349 e. The van der Waals surface area contributed by atoms with Crippen LogP contribution in [0.3, 0.4) is 0 Å². The third-order valence-electron chi connectivity index (χ3n) is 5.70. The van der Waals surface area contributed by atoms with E-state index in [1.54, 1.807) is 10.9 Å². The zero-order valence-corrected chi connectivity index (χ0v) is 16.7. The average Bonchev–Trinajstić information content (AvgIpc) is 3.29. The van der Waals surface area contributed by atoms with Crippen LogP contribution in [0.5, 0.6) is 0 Å². The highest BCUT2D eigenvalue weighted by Crippen LogP contribution is 2.23. The Hall–Kier alpha value is -2.73. The fourth-order valence-electron chi connectivity index (χ4n) is 4.09. The van der Waals surface area contributed by atoms with Crippen LogP contribution in [0.4, 0.5) is 0 Å². The molecule has 1 saturated heterocycles. The maximum Gasteiger partial charge on any atom is 0.252 e. The summed E-state index contributed by atoms with van der Waals surface area (Å²) in [6, 6.07) is 12.5. The van der Waals surface area contributed by atoms with Crippen molar-refractivity contribution < 1.29 is 4.79 Å². The zero-order chi connectivity index (χ0) is 19.7. The largest absolute Gasteiger partial charge is 0.349 e. The monoisotopic (exact) mass is 377 g/mol. The van der Waals surface area contributed by atoms with Crippen molar-refractivity contribution in [3.05, 3.63) is 59.4 Å². The van der Waals surface area contributed by atoms with Gasteiger partial charge in [0.15, 0.2) is 5.65 Å². The van der Waals surface area contributed by atoms with Crippen molar-refractivity contribution in [3.8, 4) is 0 Å². The summed E-state index contributed by atoms with van der Waals surface area (Å²) in [6.45, 7) is 7.07. The molecule has 1 amide bonds. The number of hydrogen-bond acceptors (Lipinski definition) is 4. The number of hydrogen-bond donors (Lipinski definition) is 1. The summed E-state index contributed by atoms with van der Waals surface area (Å²) in [5.41, 5.74) is 3.56. The van der Waals surface area contributed by atoms with E-state index in [4.69, 9.17) is 0 Å². The number of amides is 1. The van der Waals surface area contributed by atoms with Gasteiger partial charge in [-0.25, -0.2) is 4.98 Å². The molecular weight excluding hydrogens is 350 g/mol. The smallest absolute Gasteiger partial charge is 0.252 e. The number of carbonyl (C=O) groups is 1. The predicted octanol–water partition coefficient (Wildman–Crippen LogP) is 2.92. The van der Waals surface area contributed by atoms with E-state index in [0.717, 1.165) is 42.8 Å². The Bertz CT molecular complexity index is 981. The summed E-state index contributed by atoms with van der Waals surface area (Å²) < 4.78 is 1.71. The molecule has 1 aliphatic heterocycles. The van der Waals surface area contributed by atoms with Gasteiger partial charge in [-0.15, -0.1) is 0 Å². The predicted molar refractivity (Wildman–Crippen MR) is 110 cm³/mol. The number of benzene rings is 1. The number of pyridine rings is 1. The van der Waals surface area contributed by atoms with Gasteiger partial charge in [-0.05, 0) is 44.4 Å². The third-order valence-corrected chi connectivity index (χ3v) is 5.70. The van der Waals surface area contributed by atoms with Crippen molar-refractivity contribution >= 4 is 16.9 Å². The topological polar surface area (TPSA) is 63.1 Å². The van der Waals surface area contributed by atoms with E-state index in [2.05, 4.69) is 51.5 Å². The minimum absolute atomic E-state index is 0.0440. The molecular formula is C22H27N5O. The molecule has 3 aromatic rings. The van der Waals surface area contributed by atoms with Crippen molar-refractivity contribution in [2.75, 3.05) is 13.1 Å². The van der Waals surface area contributed by atoms with Gasteiger partial charge >= 0.3 is 0 Å². The second-order valence-electron chi connectivity index (χ2n) is 7.85. The lowest BCUT2D eigenvalue weighted by molar-refractivity contribution is 0.0928. The zero-order valence-electron chi connectivity index (χ0n) is 16.7. The molecule has 6 nitrogen and oxygen atoms in total. The first-order chi connectivity index (χ1) is 13.5. The van der Waals surface area contributed by atoms with E-state index in [1.165, 1.54) is 5.56 Å². The maximum absolute atomic E-state index is 13.0. The number of rotatable bonds is 5. The van der Waals surface area contributed by atoms with Crippen LogP contribution in [0, 0.1) is 12.8 Å². The van der Waals surface area contributed by atoms with Crippen molar-refractivity contribution in [1.82, 2.24) is 25.0 Å². The fraction of sp³-hybridized carbons (Fsp3) is 0.409. The quantitative estimate of drug-likeness (QED) is 0.743. The second kappa shape index (κ2) is 7.72. The third kappa shape index (κ3) is 3.78. The molecule has 1 N–H and O–H groups in total. The summed E-state index contributed by atoms with van der Waals surface area (Å²) in [7, 11) is 1.85. The van der Waals surface area contributed by atoms with Gasteiger partial charge in [0.2, 0.25) is 0 Å². The molecule has 2 aromatic heterocycles. The molecule has 0 aliphatic carbocycles. The lowest BCUT2D eigenvalue weighted by Gasteiger charge is -2.22. The molecule has 1 aromatic carbocycles. The molecule has 0 radical (unpaired) electrons. The van der Waals surface area contributed by atoms with Crippen molar-refractivity contribution in [3.63, 3.8) is 0 Å². The highest BCUT2D eigenvalue weighted by Gasteiger charge is 2.28. The van der Waals surface area contributed by atoms with Gasteiger partial charge in [-0.3, -0.25) is 14.4 Å². The van der Waals surface area contributed by atoms with Gasteiger partial charge in [0, 0.05) is 31.9 Å². The van der Waals surface area contributed by atoms with E-state index in [1.807, 2.05) is 26.1 Å². The van der Waals surface area contributed by atoms with Crippen LogP contribution in [0.25, 0.3) is 11.0 Å². The Morgan fingerprint density at radius 3 is 2.89 bits per heavy atom. The molecule has 6 heteroatoms. The Labute approximate surface area is 165 Å². The molecule has 0 saturated carbocycles. The van der Waals surface area contributed by atoms with Crippen LogP contribution in [0.2, 0.25) is 0 Å². The summed E-state index contributed by atoms with van der Waals surface area (Å²) in [5.74, 6) is 0.414. The molecule has 1 aliphatic rings. The summed E-state index contributed by atoms with van der Waals surface area (Å²) in [5, 5.41) is 8.28. The minimum atomic E-state index is -0.0440. The SMILES string of the molecule is Cc1cc(C(=O)N[C@@H](C)[C@H]2CCN(Cc3ccccc3)C2)c2cnn(C)c2n1. The highest BCUT2D eigenvalue weighted by atomic mass is 16.1. The summed E-state index contributed by atoms with van der Waals surface area (Å²) in [6.07, 6.45) is 2.82. The molecule has 3 heterocycles. The number of aryl methyl sites for hydroxylation is 2. The van der Waals surface area contributed by atoms with Crippen LogP contribution in [0.15, 0.2) is 42.6 Å². The molecule has 1 fully saturated rings. The van der Waals surface area contributed by atoms with Crippen LogP contribution in [0.1, 0.15) is 35.0 Å². The van der Waals surface area contributed by atoms with E-state index in [0.29, 0.717) is 11.5 Å².